The maximum absolute atomic E-state index is 11.7. The van der Waals surface area contributed by atoms with Crippen molar-refractivity contribution < 1.29 is 9.53 Å². The zero-order chi connectivity index (χ0) is 13.8. The van der Waals surface area contributed by atoms with Crippen molar-refractivity contribution >= 4 is 22.0 Å². The Morgan fingerprint density at radius 3 is 2.12 bits per heavy atom. The van der Waals surface area contributed by atoms with Crippen LogP contribution in [0.25, 0.3) is 0 Å². The molecule has 0 rings (SSSR count). The summed E-state index contributed by atoms with van der Waals surface area (Å²) in [6.45, 7) is 5.69. The standard InChI is InChI=1S/C10H21BrN4O2/c1-10(2,3)17-9(16)14(4)6-7(8(11)12)15(5)13/h6,12-13H2,1-5H3/b8-7-. The normalized spacial score (nSPS) is 12.9. The molecule has 0 saturated carbocycles. The highest BCUT2D eigenvalue weighted by atomic mass is 79.9. The average Bonchev–Trinajstić information content (AvgIpc) is 2.09. The Morgan fingerprint density at radius 2 is 1.82 bits per heavy atom. The van der Waals surface area contributed by atoms with Crippen molar-refractivity contribution in [3.63, 3.8) is 0 Å². The van der Waals surface area contributed by atoms with Gasteiger partial charge in [0.05, 0.1) is 16.8 Å². The lowest BCUT2D eigenvalue weighted by atomic mass is 10.2. The van der Waals surface area contributed by atoms with E-state index in [0.717, 1.165) is 0 Å². The first-order chi connectivity index (χ1) is 7.54. The molecule has 0 aliphatic heterocycles. The van der Waals surface area contributed by atoms with Crippen molar-refractivity contribution in [1.29, 1.82) is 0 Å². The van der Waals surface area contributed by atoms with E-state index in [9.17, 15) is 4.79 Å². The molecular weight excluding hydrogens is 288 g/mol. The van der Waals surface area contributed by atoms with Crippen molar-refractivity contribution in [1.82, 2.24) is 9.91 Å². The monoisotopic (exact) mass is 308 g/mol. The van der Waals surface area contributed by atoms with Gasteiger partial charge >= 0.3 is 6.09 Å². The highest BCUT2D eigenvalue weighted by Gasteiger charge is 2.21. The van der Waals surface area contributed by atoms with Crippen LogP contribution in [0.15, 0.2) is 10.3 Å². The summed E-state index contributed by atoms with van der Waals surface area (Å²) in [5, 5.41) is 1.35. The van der Waals surface area contributed by atoms with Crippen molar-refractivity contribution in [2.24, 2.45) is 11.6 Å². The summed E-state index contributed by atoms with van der Waals surface area (Å²) in [5.74, 6) is 5.60. The van der Waals surface area contributed by atoms with Crippen molar-refractivity contribution in [2.75, 3.05) is 20.6 Å². The Balaban J connectivity index is 4.59. The van der Waals surface area contributed by atoms with Crippen molar-refractivity contribution in [3.8, 4) is 0 Å². The number of carbonyl (C=O) groups excluding carboxylic acids is 1. The number of nitrogens with zero attached hydrogens (tertiary/aromatic N) is 2. The summed E-state index contributed by atoms with van der Waals surface area (Å²) >= 11 is 3.14. The predicted molar refractivity (Wildman–Crippen MR) is 71.0 cm³/mol. The number of hydrazine groups is 1. The molecule has 0 radical (unpaired) electrons. The third-order valence-electron chi connectivity index (χ3n) is 1.79. The van der Waals surface area contributed by atoms with Crippen LogP contribution in [0.1, 0.15) is 20.8 Å². The summed E-state index contributed by atoms with van der Waals surface area (Å²) < 4.78 is 5.60. The van der Waals surface area contributed by atoms with Crippen LogP contribution >= 0.6 is 15.9 Å². The SMILES string of the molecule is CN(C/C(=C(/N)Br)N(C)N)C(=O)OC(C)(C)C. The van der Waals surface area contributed by atoms with Crippen LogP contribution in [0, 0.1) is 0 Å². The molecule has 0 aromatic heterocycles. The minimum Gasteiger partial charge on any atom is -0.444 e. The van der Waals surface area contributed by atoms with Gasteiger partial charge in [-0.3, -0.25) is 0 Å². The molecule has 17 heavy (non-hydrogen) atoms. The molecule has 0 saturated heterocycles. The van der Waals surface area contributed by atoms with Gasteiger partial charge in [0.15, 0.2) is 0 Å². The van der Waals surface area contributed by atoms with Crippen LogP contribution in [0.2, 0.25) is 0 Å². The predicted octanol–water partition coefficient (Wildman–Crippen LogP) is 1.18. The number of hydrogen-bond donors (Lipinski definition) is 2. The first-order valence-corrected chi connectivity index (χ1v) is 5.90. The molecule has 0 atom stereocenters. The third kappa shape index (κ3) is 6.38. The number of ether oxygens (including phenoxy) is 1. The van der Waals surface area contributed by atoms with Crippen LogP contribution < -0.4 is 11.6 Å². The van der Waals surface area contributed by atoms with Gasteiger partial charge in [0.25, 0.3) is 0 Å². The van der Waals surface area contributed by atoms with E-state index in [1.54, 1.807) is 14.1 Å². The van der Waals surface area contributed by atoms with Gasteiger partial charge in [-0.05, 0) is 36.7 Å². The zero-order valence-corrected chi connectivity index (χ0v) is 12.5. The molecular formula is C10H21BrN4O2. The van der Waals surface area contributed by atoms with Gasteiger partial charge in [-0.15, -0.1) is 0 Å². The molecule has 7 heteroatoms. The number of rotatable bonds is 3. The lowest BCUT2D eigenvalue weighted by Crippen LogP contribution is -2.39. The van der Waals surface area contributed by atoms with E-state index in [-0.39, 0.29) is 6.54 Å². The number of halogens is 1. The van der Waals surface area contributed by atoms with E-state index in [2.05, 4.69) is 15.9 Å². The molecule has 0 fully saturated rings. The highest BCUT2D eigenvalue weighted by Crippen LogP contribution is 2.12. The van der Waals surface area contributed by atoms with Crippen LogP contribution in [0.3, 0.4) is 0 Å². The molecule has 1 amide bonds. The molecule has 0 aromatic carbocycles. The summed E-state index contributed by atoms with van der Waals surface area (Å²) in [5.41, 5.74) is 5.68. The minimum atomic E-state index is -0.524. The van der Waals surface area contributed by atoms with Gasteiger partial charge in [0, 0.05) is 14.1 Å². The van der Waals surface area contributed by atoms with Crippen molar-refractivity contribution in [3.05, 3.63) is 10.3 Å². The second kappa shape index (κ2) is 6.11. The zero-order valence-electron chi connectivity index (χ0n) is 11.0. The molecule has 0 aromatic rings. The molecule has 100 valence electrons. The fourth-order valence-electron chi connectivity index (χ4n) is 0.985. The first kappa shape index (κ1) is 16.1. The number of hydrogen-bond acceptors (Lipinski definition) is 5. The lowest BCUT2D eigenvalue weighted by molar-refractivity contribution is 0.0304. The number of carbonyl (C=O) groups is 1. The molecule has 0 heterocycles. The lowest BCUT2D eigenvalue weighted by Gasteiger charge is -2.27. The Labute approximate surface area is 111 Å². The first-order valence-electron chi connectivity index (χ1n) is 5.11. The topological polar surface area (TPSA) is 84.8 Å². The largest absolute Gasteiger partial charge is 0.444 e. The van der Waals surface area contributed by atoms with Gasteiger partial charge < -0.3 is 20.4 Å². The van der Waals surface area contributed by atoms with E-state index in [0.29, 0.717) is 10.3 Å². The molecule has 4 N–H and O–H groups in total. The van der Waals surface area contributed by atoms with E-state index in [4.69, 9.17) is 16.3 Å². The summed E-state index contributed by atoms with van der Waals surface area (Å²) in [6, 6.07) is 0. The van der Waals surface area contributed by atoms with Crippen LogP contribution in [0.5, 0.6) is 0 Å². The third-order valence-corrected chi connectivity index (χ3v) is 2.25. The molecule has 0 aliphatic carbocycles. The average molecular weight is 309 g/mol. The molecule has 0 bridgehead atoms. The van der Waals surface area contributed by atoms with E-state index in [1.165, 1.54) is 9.91 Å². The molecule has 0 spiro atoms. The Hall–Kier alpha value is -0.950. The minimum absolute atomic E-state index is 0.263. The molecule has 0 unspecified atom stereocenters. The van der Waals surface area contributed by atoms with Gasteiger partial charge in [0.2, 0.25) is 0 Å². The van der Waals surface area contributed by atoms with E-state index in [1.807, 2.05) is 20.8 Å². The second-order valence-corrected chi connectivity index (χ2v) is 5.60. The van der Waals surface area contributed by atoms with Gasteiger partial charge in [-0.1, -0.05) is 0 Å². The van der Waals surface area contributed by atoms with Crippen molar-refractivity contribution in [2.45, 2.75) is 26.4 Å². The van der Waals surface area contributed by atoms with Crippen LogP contribution in [-0.2, 0) is 4.74 Å². The Bertz CT molecular complexity index is 306. The Morgan fingerprint density at radius 1 is 1.35 bits per heavy atom. The van der Waals surface area contributed by atoms with Gasteiger partial charge in [0.1, 0.15) is 5.60 Å². The van der Waals surface area contributed by atoms with E-state index >= 15 is 0 Å². The number of likely N-dealkylation sites (N-methyl/N-ethyl adjacent to an activating group) is 2. The van der Waals surface area contributed by atoms with Crippen LogP contribution in [-0.4, -0.2) is 42.2 Å². The summed E-state index contributed by atoms with van der Waals surface area (Å²) in [6.07, 6.45) is -0.425. The maximum Gasteiger partial charge on any atom is 0.410 e. The van der Waals surface area contributed by atoms with E-state index < -0.39 is 11.7 Å². The maximum atomic E-state index is 11.7. The smallest absolute Gasteiger partial charge is 0.410 e. The summed E-state index contributed by atoms with van der Waals surface area (Å²) in [7, 11) is 3.26. The quantitative estimate of drug-likeness (QED) is 0.464. The molecule has 0 aliphatic rings. The number of amides is 1. The number of nitrogens with two attached hydrogens (primary N) is 2. The summed E-state index contributed by atoms with van der Waals surface area (Å²) in [4.78, 5) is 13.1. The van der Waals surface area contributed by atoms with Crippen LogP contribution in [0.4, 0.5) is 4.79 Å². The highest BCUT2D eigenvalue weighted by molar-refractivity contribution is 9.11. The second-order valence-electron chi connectivity index (χ2n) is 4.74. The van der Waals surface area contributed by atoms with Gasteiger partial charge in [-0.2, -0.15) is 0 Å². The Kier molecular flexibility index (Phi) is 5.77. The fourth-order valence-corrected chi connectivity index (χ4v) is 1.39. The molecule has 6 nitrogen and oxygen atoms in total. The van der Waals surface area contributed by atoms with Gasteiger partial charge in [-0.25, -0.2) is 10.6 Å². The fraction of sp³-hybridized carbons (Fsp3) is 0.700.